The largest absolute Gasteiger partial charge is 0.364 e. The summed E-state index contributed by atoms with van der Waals surface area (Å²) in [5.74, 6) is -0.401. The number of nitrogens with one attached hydrogen (secondary N) is 1. The van der Waals surface area contributed by atoms with Crippen molar-refractivity contribution in [2.24, 2.45) is 5.73 Å². The van der Waals surface area contributed by atoms with E-state index in [-0.39, 0.29) is 17.6 Å². The fourth-order valence-electron chi connectivity index (χ4n) is 4.09. The predicted molar refractivity (Wildman–Crippen MR) is 118 cm³/mol. The number of thiophene rings is 1. The van der Waals surface area contributed by atoms with Gasteiger partial charge in [-0.1, -0.05) is 6.07 Å². The summed E-state index contributed by atoms with van der Waals surface area (Å²) in [7, 11) is -3.33. The van der Waals surface area contributed by atoms with Gasteiger partial charge in [-0.3, -0.25) is 4.79 Å². The number of hydrogen-bond donors (Lipinski definition) is 2. The summed E-state index contributed by atoms with van der Waals surface area (Å²) in [6.45, 7) is 0.831. The number of piperidine rings is 1. The fourth-order valence-corrected chi connectivity index (χ4v) is 6.56. The molecule has 29 heavy (non-hydrogen) atoms. The molecule has 0 atom stereocenters. The van der Waals surface area contributed by atoms with Gasteiger partial charge in [-0.15, -0.1) is 11.6 Å². The minimum absolute atomic E-state index is 0.0527. The van der Waals surface area contributed by atoms with Crippen LogP contribution >= 0.6 is 22.9 Å². The van der Waals surface area contributed by atoms with Gasteiger partial charge in [-0.2, -0.15) is 11.3 Å². The van der Waals surface area contributed by atoms with Gasteiger partial charge in [0.1, 0.15) is 5.69 Å². The predicted octanol–water partition coefficient (Wildman–Crippen LogP) is 3.74. The van der Waals surface area contributed by atoms with E-state index in [1.807, 2.05) is 17.5 Å². The number of halogens is 1. The Hall–Kier alpha value is -1.87. The summed E-state index contributed by atoms with van der Waals surface area (Å²) in [6.07, 6.45) is 1.27. The van der Waals surface area contributed by atoms with E-state index in [0.717, 1.165) is 27.6 Å². The molecule has 1 fully saturated rings. The molecule has 0 aliphatic carbocycles. The van der Waals surface area contributed by atoms with Crippen molar-refractivity contribution in [1.29, 1.82) is 0 Å². The van der Waals surface area contributed by atoms with Gasteiger partial charge in [-0.25, -0.2) is 12.7 Å². The first kappa shape index (κ1) is 20.4. The number of alkyl halides is 1. The third kappa shape index (κ3) is 3.94. The first-order valence-electron chi connectivity index (χ1n) is 9.42. The Morgan fingerprint density at radius 2 is 2.00 bits per heavy atom. The molecule has 6 nitrogen and oxygen atoms in total. The molecule has 154 valence electrons. The molecule has 1 aliphatic rings. The highest BCUT2D eigenvalue weighted by molar-refractivity contribution is 7.89. The van der Waals surface area contributed by atoms with E-state index < -0.39 is 15.9 Å². The van der Waals surface area contributed by atoms with Crippen molar-refractivity contribution < 1.29 is 13.2 Å². The van der Waals surface area contributed by atoms with Gasteiger partial charge in [0, 0.05) is 29.9 Å². The number of carbonyl (C=O) groups is 1. The van der Waals surface area contributed by atoms with Gasteiger partial charge in [-0.05, 0) is 64.4 Å². The van der Waals surface area contributed by atoms with E-state index in [9.17, 15) is 13.2 Å². The summed E-state index contributed by atoms with van der Waals surface area (Å²) < 4.78 is 26.1. The number of amides is 1. The number of carbonyl (C=O) groups excluding carboxylic acids is 1. The molecule has 0 unspecified atom stereocenters. The maximum absolute atomic E-state index is 12.3. The molecule has 1 amide bonds. The topological polar surface area (TPSA) is 96.3 Å². The third-order valence-electron chi connectivity index (χ3n) is 5.53. The van der Waals surface area contributed by atoms with E-state index >= 15 is 0 Å². The fraction of sp³-hybridized carbons (Fsp3) is 0.350. The van der Waals surface area contributed by atoms with Gasteiger partial charge in [0.25, 0.3) is 5.91 Å². The standard InChI is InChI=1S/C20H22ClN3O3S2/c21-6-10-29(26,27)24-7-3-13(4-8-24)18-16-11-14(15-5-9-28-12-15)1-2-17(16)23-19(18)20(22)25/h1-2,5,9,11-13,23H,3-4,6-8,10H2,(H2,22,25). The lowest BCUT2D eigenvalue weighted by molar-refractivity contribution is 0.0994. The maximum atomic E-state index is 12.3. The Bertz CT molecular complexity index is 1130. The quantitative estimate of drug-likeness (QED) is 0.558. The summed E-state index contributed by atoms with van der Waals surface area (Å²) in [4.78, 5) is 15.3. The summed E-state index contributed by atoms with van der Waals surface area (Å²) >= 11 is 7.27. The van der Waals surface area contributed by atoms with Gasteiger partial charge >= 0.3 is 0 Å². The summed E-state index contributed by atoms with van der Waals surface area (Å²) in [5, 5.41) is 5.09. The van der Waals surface area contributed by atoms with E-state index in [1.54, 1.807) is 11.3 Å². The highest BCUT2D eigenvalue weighted by atomic mass is 35.5. The first-order chi connectivity index (χ1) is 13.9. The van der Waals surface area contributed by atoms with Crippen molar-refractivity contribution in [2.75, 3.05) is 24.7 Å². The van der Waals surface area contributed by atoms with Gasteiger partial charge in [0.15, 0.2) is 0 Å². The third-order valence-corrected chi connectivity index (χ3v) is 8.50. The van der Waals surface area contributed by atoms with Crippen LogP contribution in [0.3, 0.4) is 0 Å². The van der Waals surface area contributed by atoms with Crippen molar-refractivity contribution in [1.82, 2.24) is 9.29 Å². The van der Waals surface area contributed by atoms with Crippen molar-refractivity contribution in [3.8, 4) is 11.1 Å². The molecule has 3 aromatic rings. The Kier molecular flexibility index (Phi) is 5.70. The number of benzene rings is 1. The zero-order chi connectivity index (χ0) is 20.6. The Labute approximate surface area is 178 Å². The Balaban J connectivity index is 1.70. The van der Waals surface area contributed by atoms with E-state index in [4.69, 9.17) is 17.3 Å². The molecule has 0 saturated carbocycles. The molecule has 0 radical (unpaired) electrons. The number of nitrogens with zero attached hydrogens (tertiary/aromatic N) is 1. The average molecular weight is 452 g/mol. The summed E-state index contributed by atoms with van der Waals surface area (Å²) in [5.41, 5.74) is 10.1. The lowest BCUT2D eigenvalue weighted by Gasteiger charge is -2.31. The number of aromatic amines is 1. The van der Waals surface area contributed by atoms with Crippen molar-refractivity contribution in [3.05, 3.63) is 46.3 Å². The van der Waals surface area contributed by atoms with Crippen LogP contribution in [0.5, 0.6) is 0 Å². The van der Waals surface area contributed by atoms with E-state index in [0.29, 0.717) is 31.6 Å². The number of rotatable bonds is 6. The van der Waals surface area contributed by atoms with Crippen molar-refractivity contribution >= 4 is 49.8 Å². The molecule has 9 heteroatoms. The van der Waals surface area contributed by atoms with E-state index in [2.05, 4.69) is 22.5 Å². The zero-order valence-corrected chi connectivity index (χ0v) is 18.1. The second-order valence-electron chi connectivity index (χ2n) is 7.23. The number of sulfonamides is 1. The normalized spacial score (nSPS) is 16.4. The second-order valence-corrected chi connectivity index (χ2v) is 10.5. The van der Waals surface area contributed by atoms with Crippen molar-refractivity contribution in [3.63, 3.8) is 0 Å². The van der Waals surface area contributed by atoms with Crippen LogP contribution in [0.25, 0.3) is 22.0 Å². The van der Waals surface area contributed by atoms with Gasteiger partial charge in [0.05, 0.1) is 5.75 Å². The molecule has 3 heterocycles. The van der Waals surface area contributed by atoms with E-state index in [1.165, 1.54) is 4.31 Å². The maximum Gasteiger partial charge on any atom is 0.265 e. The van der Waals surface area contributed by atoms with Gasteiger partial charge in [0.2, 0.25) is 10.0 Å². The molecule has 3 N–H and O–H groups in total. The van der Waals surface area contributed by atoms with Crippen molar-refractivity contribution in [2.45, 2.75) is 18.8 Å². The van der Waals surface area contributed by atoms with Crippen LogP contribution in [-0.4, -0.2) is 48.3 Å². The average Bonchev–Trinajstić information content (AvgIpc) is 3.35. The van der Waals surface area contributed by atoms with Crippen LogP contribution in [0, 0.1) is 0 Å². The number of aromatic nitrogens is 1. The molecule has 2 aromatic heterocycles. The molecule has 1 aliphatic heterocycles. The van der Waals surface area contributed by atoms with Crippen LogP contribution in [0.2, 0.25) is 0 Å². The molecule has 1 saturated heterocycles. The lowest BCUT2D eigenvalue weighted by atomic mass is 9.87. The smallest absolute Gasteiger partial charge is 0.265 e. The minimum Gasteiger partial charge on any atom is -0.364 e. The monoisotopic (exact) mass is 451 g/mol. The van der Waals surface area contributed by atoms with Crippen LogP contribution in [-0.2, 0) is 10.0 Å². The number of nitrogens with two attached hydrogens (primary N) is 1. The minimum atomic E-state index is -3.33. The lowest BCUT2D eigenvalue weighted by Crippen LogP contribution is -2.39. The number of hydrogen-bond acceptors (Lipinski definition) is 4. The number of primary amides is 1. The Morgan fingerprint density at radius 1 is 1.24 bits per heavy atom. The van der Waals surface area contributed by atoms with Crippen LogP contribution < -0.4 is 5.73 Å². The highest BCUT2D eigenvalue weighted by Crippen LogP contribution is 2.38. The number of fused-ring (bicyclic) bond motifs is 1. The number of H-pyrrole nitrogens is 1. The zero-order valence-electron chi connectivity index (χ0n) is 15.7. The molecule has 0 spiro atoms. The second kappa shape index (κ2) is 8.10. The molecule has 1 aromatic carbocycles. The Morgan fingerprint density at radius 3 is 2.62 bits per heavy atom. The highest BCUT2D eigenvalue weighted by Gasteiger charge is 2.31. The molecule has 0 bridgehead atoms. The SMILES string of the molecule is NC(=O)c1[nH]c2ccc(-c3ccsc3)cc2c1C1CCN(S(=O)(=O)CCCl)CC1. The summed E-state index contributed by atoms with van der Waals surface area (Å²) in [6, 6.07) is 8.15. The van der Waals surface area contributed by atoms with Crippen LogP contribution in [0.4, 0.5) is 0 Å². The van der Waals surface area contributed by atoms with Gasteiger partial charge < -0.3 is 10.7 Å². The van der Waals surface area contributed by atoms with Crippen LogP contribution in [0.1, 0.15) is 34.8 Å². The van der Waals surface area contributed by atoms with Crippen LogP contribution in [0.15, 0.2) is 35.0 Å². The molecule has 4 rings (SSSR count). The first-order valence-corrected chi connectivity index (χ1v) is 12.5. The molecular weight excluding hydrogens is 430 g/mol. The molecular formula is C20H22ClN3O3S2.